The highest BCUT2D eigenvalue weighted by Crippen LogP contribution is 2.29. The summed E-state index contributed by atoms with van der Waals surface area (Å²) in [4.78, 5) is 12.4. The third-order valence-corrected chi connectivity index (χ3v) is 4.87. The van der Waals surface area contributed by atoms with Gasteiger partial charge in [-0.05, 0) is 38.2 Å². The van der Waals surface area contributed by atoms with Gasteiger partial charge in [-0.3, -0.25) is 9.80 Å². The minimum Gasteiger partial charge on any atom is -0.383 e. The van der Waals surface area contributed by atoms with Crippen molar-refractivity contribution in [2.45, 2.75) is 51.1 Å². The van der Waals surface area contributed by atoms with E-state index >= 15 is 0 Å². The molecule has 0 bridgehead atoms. The molecule has 0 N–H and O–H groups in total. The van der Waals surface area contributed by atoms with Gasteiger partial charge in [-0.1, -0.05) is 29.8 Å². The molecular formula is C18H26N2O2. The van der Waals surface area contributed by atoms with Crippen LogP contribution >= 0.6 is 0 Å². The van der Waals surface area contributed by atoms with Gasteiger partial charge in [0, 0.05) is 20.1 Å². The van der Waals surface area contributed by atoms with Crippen LogP contribution in [-0.2, 0) is 16.0 Å². The zero-order chi connectivity index (χ0) is 15.5. The standard InChI is InChI=1S/C18H26N2O2/c1-14-5-7-15(8-6-14)12-16-9-10-18(21)20(16)19-11-3-4-17(19)13-22-2/h5-8,16-17H,3-4,9-13H2,1-2H3/t16-,17-/m0/s1. The number of hydrogen-bond acceptors (Lipinski definition) is 3. The molecule has 1 aromatic carbocycles. The number of rotatable bonds is 5. The first-order valence-electron chi connectivity index (χ1n) is 8.32. The quantitative estimate of drug-likeness (QED) is 0.838. The van der Waals surface area contributed by atoms with Gasteiger partial charge in [-0.2, -0.15) is 0 Å². The molecule has 0 saturated carbocycles. The molecule has 22 heavy (non-hydrogen) atoms. The fourth-order valence-corrected chi connectivity index (χ4v) is 3.73. The van der Waals surface area contributed by atoms with Gasteiger partial charge < -0.3 is 4.74 Å². The normalized spacial score (nSPS) is 26.1. The first kappa shape index (κ1) is 15.5. The minimum atomic E-state index is 0.278. The summed E-state index contributed by atoms with van der Waals surface area (Å²) in [6.07, 6.45) is 4.85. The molecule has 2 saturated heterocycles. The number of carbonyl (C=O) groups is 1. The van der Waals surface area contributed by atoms with Crippen LogP contribution in [0.15, 0.2) is 24.3 Å². The van der Waals surface area contributed by atoms with Crippen LogP contribution in [0, 0.1) is 6.92 Å². The van der Waals surface area contributed by atoms with E-state index in [2.05, 4.69) is 41.2 Å². The largest absolute Gasteiger partial charge is 0.383 e. The van der Waals surface area contributed by atoms with Crippen molar-refractivity contribution < 1.29 is 9.53 Å². The van der Waals surface area contributed by atoms with Crippen LogP contribution in [0.4, 0.5) is 0 Å². The van der Waals surface area contributed by atoms with E-state index in [0.29, 0.717) is 25.1 Å². The van der Waals surface area contributed by atoms with Crippen LogP contribution < -0.4 is 0 Å². The molecule has 2 heterocycles. The molecule has 0 aromatic heterocycles. The number of ether oxygens (including phenoxy) is 1. The van der Waals surface area contributed by atoms with E-state index < -0.39 is 0 Å². The molecule has 4 heteroatoms. The van der Waals surface area contributed by atoms with Gasteiger partial charge in [0.25, 0.3) is 0 Å². The Morgan fingerprint density at radius 2 is 1.95 bits per heavy atom. The van der Waals surface area contributed by atoms with Gasteiger partial charge in [0.2, 0.25) is 5.91 Å². The average Bonchev–Trinajstić information content (AvgIpc) is 3.09. The number of hydrogen-bond donors (Lipinski definition) is 0. The van der Waals surface area contributed by atoms with Crippen LogP contribution in [0.2, 0.25) is 0 Å². The summed E-state index contributed by atoms with van der Waals surface area (Å²) < 4.78 is 5.34. The highest BCUT2D eigenvalue weighted by Gasteiger charge is 2.40. The monoisotopic (exact) mass is 302 g/mol. The van der Waals surface area contributed by atoms with E-state index in [0.717, 1.165) is 32.2 Å². The molecule has 0 unspecified atom stereocenters. The van der Waals surface area contributed by atoms with E-state index in [4.69, 9.17) is 4.74 Å². The Balaban J connectivity index is 1.73. The molecule has 2 atom stereocenters. The topological polar surface area (TPSA) is 32.8 Å². The van der Waals surface area contributed by atoms with Gasteiger partial charge >= 0.3 is 0 Å². The van der Waals surface area contributed by atoms with Crippen LogP contribution in [0.25, 0.3) is 0 Å². The number of methoxy groups -OCH3 is 1. The molecule has 120 valence electrons. The van der Waals surface area contributed by atoms with Crippen molar-refractivity contribution in [3.63, 3.8) is 0 Å². The molecule has 1 amide bonds. The van der Waals surface area contributed by atoms with Crippen LogP contribution in [0.3, 0.4) is 0 Å². The fourth-order valence-electron chi connectivity index (χ4n) is 3.73. The number of carbonyl (C=O) groups excluding carboxylic acids is 1. The SMILES string of the molecule is COC[C@@H]1CCCN1N1C(=O)CC[C@H]1Cc1ccc(C)cc1. The molecule has 2 fully saturated rings. The van der Waals surface area contributed by atoms with Crippen molar-refractivity contribution >= 4 is 5.91 Å². The lowest BCUT2D eigenvalue weighted by Crippen LogP contribution is -2.51. The van der Waals surface area contributed by atoms with Crippen molar-refractivity contribution in [3.8, 4) is 0 Å². The van der Waals surface area contributed by atoms with Crippen molar-refractivity contribution in [1.82, 2.24) is 10.0 Å². The fraction of sp³-hybridized carbons (Fsp3) is 0.611. The first-order chi connectivity index (χ1) is 10.7. The summed E-state index contributed by atoms with van der Waals surface area (Å²) in [6, 6.07) is 9.33. The van der Waals surface area contributed by atoms with Crippen molar-refractivity contribution in [3.05, 3.63) is 35.4 Å². The molecule has 2 aliphatic rings. The van der Waals surface area contributed by atoms with Gasteiger partial charge in [0.1, 0.15) is 0 Å². The Morgan fingerprint density at radius 1 is 1.18 bits per heavy atom. The molecule has 1 aromatic rings. The maximum absolute atomic E-state index is 12.4. The van der Waals surface area contributed by atoms with Crippen LogP contribution in [0.1, 0.15) is 36.8 Å². The van der Waals surface area contributed by atoms with Gasteiger partial charge in [-0.15, -0.1) is 0 Å². The number of benzene rings is 1. The summed E-state index contributed by atoms with van der Waals surface area (Å²) in [5.41, 5.74) is 2.60. The van der Waals surface area contributed by atoms with Gasteiger partial charge in [0.05, 0.1) is 18.7 Å². The lowest BCUT2D eigenvalue weighted by atomic mass is 10.0. The molecule has 2 aliphatic heterocycles. The van der Waals surface area contributed by atoms with Gasteiger partial charge in [-0.25, -0.2) is 5.01 Å². The molecule has 0 radical (unpaired) electrons. The summed E-state index contributed by atoms with van der Waals surface area (Å²) in [5, 5.41) is 4.33. The molecule has 0 aliphatic carbocycles. The Hall–Kier alpha value is -1.39. The second-order valence-electron chi connectivity index (χ2n) is 6.53. The highest BCUT2D eigenvalue weighted by molar-refractivity contribution is 5.78. The van der Waals surface area contributed by atoms with Crippen LogP contribution in [0.5, 0.6) is 0 Å². The maximum Gasteiger partial charge on any atom is 0.237 e. The molecule has 4 nitrogen and oxygen atoms in total. The summed E-state index contributed by atoms with van der Waals surface area (Å²) >= 11 is 0. The number of aryl methyl sites for hydroxylation is 1. The zero-order valence-electron chi connectivity index (χ0n) is 13.6. The number of amides is 1. The second kappa shape index (κ2) is 6.80. The Kier molecular flexibility index (Phi) is 4.79. The average molecular weight is 302 g/mol. The van der Waals surface area contributed by atoms with Crippen molar-refractivity contribution in [2.75, 3.05) is 20.3 Å². The van der Waals surface area contributed by atoms with E-state index in [-0.39, 0.29) is 5.91 Å². The van der Waals surface area contributed by atoms with E-state index in [1.54, 1.807) is 7.11 Å². The third kappa shape index (κ3) is 3.18. The predicted octanol–water partition coefficient (Wildman–Crippen LogP) is 2.55. The van der Waals surface area contributed by atoms with E-state index in [1.165, 1.54) is 11.1 Å². The van der Waals surface area contributed by atoms with Crippen molar-refractivity contribution in [2.24, 2.45) is 0 Å². The smallest absolute Gasteiger partial charge is 0.237 e. The highest BCUT2D eigenvalue weighted by atomic mass is 16.5. The van der Waals surface area contributed by atoms with E-state index in [9.17, 15) is 4.79 Å². The second-order valence-corrected chi connectivity index (χ2v) is 6.53. The zero-order valence-corrected chi connectivity index (χ0v) is 13.6. The summed E-state index contributed by atoms with van der Waals surface area (Å²) in [6.45, 7) is 3.79. The third-order valence-electron chi connectivity index (χ3n) is 4.87. The minimum absolute atomic E-state index is 0.278. The Morgan fingerprint density at radius 3 is 2.68 bits per heavy atom. The number of hydrazine groups is 1. The number of nitrogens with zero attached hydrogens (tertiary/aromatic N) is 2. The lowest BCUT2D eigenvalue weighted by molar-refractivity contribution is -0.151. The van der Waals surface area contributed by atoms with Crippen molar-refractivity contribution in [1.29, 1.82) is 0 Å². The maximum atomic E-state index is 12.4. The predicted molar refractivity (Wildman–Crippen MR) is 86.4 cm³/mol. The Labute approximate surface area is 133 Å². The Bertz CT molecular complexity index is 514. The first-order valence-corrected chi connectivity index (χ1v) is 8.32. The summed E-state index contributed by atoms with van der Waals surface area (Å²) in [5.74, 6) is 0.278. The summed E-state index contributed by atoms with van der Waals surface area (Å²) in [7, 11) is 1.74. The molecular weight excluding hydrogens is 276 g/mol. The molecule has 3 rings (SSSR count). The van der Waals surface area contributed by atoms with Crippen LogP contribution in [-0.4, -0.2) is 48.3 Å². The van der Waals surface area contributed by atoms with Gasteiger partial charge in [0.15, 0.2) is 0 Å². The van der Waals surface area contributed by atoms with E-state index in [1.807, 2.05) is 0 Å². The lowest BCUT2D eigenvalue weighted by Gasteiger charge is -2.37. The molecule has 0 spiro atoms.